The van der Waals surface area contributed by atoms with Gasteiger partial charge in [-0.25, -0.2) is 8.42 Å². The molecule has 1 atom stereocenters. The molecule has 1 aliphatic rings. The minimum Gasteiger partial charge on any atom is -0.352 e. The molecule has 1 N–H and O–H groups in total. The second-order valence-corrected chi connectivity index (χ2v) is 14.8. The van der Waals surface area contributed by atoms with Crippen molar-refractivity contribution >= 4 is 62.3 Å². The number of sulfonamides is 1. The summed E-state index contributed by atoms with van der Waals surface area (Å²) in [6.45, 7) is 1.17. The first-order valence-electron chi connectivity index (χ1n) is 15.4. The summed E-state index contributed by atoms with van der Waals surface area (Å²) in [6.07, 6.45) is 3.98. The highest BCUT2D eigenvalue weighted by Gasteiger charge is 2.36. The van der Waals surface area contributed by atoms with Gasteiger partial charge in [-0.1, -0.05) is 102 Å². The van der Waals surface area contributed by atoms with Crippen LogP contribution in [0.15, 0.2) is 102 Å². The van der Waals surface area contributed by atoms with Crippen LogP contribution in [0, 0.1) is 6.92 Å². The topological polar surface area (TPSA) is 86.8 Å². The summed E-state index contributed by atoms with van der Waals surface area (Å²) in [6, 6.07) is 26.2. The SMILES string of the molecule is Cc1ccccc1N(CC(=O)N(Cc1ccc(Cl)cc1Cl)C(Cc1ccccc1)C(=O)NC1CCCC1)S(=O)(=O)c1ccc(Cl)cc1. The number of para-hydroxylation sites is 1. The molecule has 2 amide bonds. The van der Waals surface area contributed by atoms with Gasteiger partial charge < -0.3 is 10.2 Å². The third-order valence-electron chi connectivity index (χ3n) is 8.39. The smallest absolute Gasteiger partial charge is 0.264 e. The van der Waals surface area contributed by atoms with E-state index in [2.05, 4.69) is 5.32 Å². The molecule has 4 aromatic carbocycles. The third-order valence-corrected chi connectivity index (χ3v) is 11.0. The Hall–Kier alpha value is -3.56. The molecule has 1 saturated carbocycles. The van der Waals surface area contributed by atoms with E-state index in [4.69, 9.17) is 34.8 Å². The highest BCUT2D eigenvalue weighted by Crippen LogP contribution is 2.29. The number of halogens is 3. The number of benzene rings is 4. The summed E-state index contributed by atoms with van der Waals surface area (Å²) in [7, 11) is -4.25. The Morgan fingerprint density at radius 3 is 2.15 bits per heavy atom. The summed E-state index contributed by atoms with van der Waals surface area (Å²) in [5.41, 5.74) is 2.42. The van der Waals surface area contributed by atoms with Gasteiger partial charge in [-0.15, -0.1) is 0 Å². The van der Waals surface area contributed by atoms with Crippen LogP contribution < -0.4 is 9.62 Å². The van der Waals surface area contributed by atoms with E-state index in [1.54, 1.807) is 49.4 Å². The van der Waals surface area contributed by atoms with Crippen molar-refractivity contribution in [2.24, 2.45) is 0 Å². The maximum atomic E-state index is 14.7. The zero-order valence-electron chi connectivity index (χ0n) is 25.9. The number of rotatable bonds is 12. The van der Waals surface area contributed by atoms with Crippen molar-refractivity contribution in [3.05, 3.63) is 129 Å². The predicted molar refractivity (Wildman–Crippen MR) is 189 cm³/mol. The number of carbonyl (C=O) groups excluding carboxylic acids is 2. The fourth-order valence-corrected chi connectivity index (χ4v) is 7.92. The van der Waals surface area contributed by atoms with E-state index < -0.39 is 28.5 Å². The van der Waals surface area contributed by atoms with Gasteiger partial charge in [0, 0.05) is 34.1 Å². The number of hydrogen-bond acceptors (Lipinski definition) is 4. The van der Waals surface area contributed by atoms with Crippen molar-refractivity contribution in [3.63, 3.8) is 0 Å². The van der Waals surface area contributed by atoms with Crippen LogP contribution in [0.5, 0.6) is 0 Å². The molecule has 1 aliphatic carbocycles. The lowest BCUT2D eigenvalue weighted by Gasteiger charge is -2.35. The minimum absolute atomic E-state index is 0.00518. The van der Waals surface area contributed by atoms with Gasteiger partial charge in [0.25, 0.3) is 10.0 Å². The number of carbonyl (C=O) groups is 2. The van der Waals surface area contributed by atoms with Gasteiger partial charge in [-0.05, 0) is 78.9 Å². The maximum absolute atomic E-state index is 14.7. The molecule has 7 nitrogen and oxygen atoms in total. The highest BCUT2D eigenvalue weighted by atomic mass is 35.5. The van der Waals surface area contributed by atoms with Crippen molar-refractivity contribution in [1.29, 1.82) is 0 Å². The Balaban J connectivity index is 1.59. The second-order valence-electron chi connectivity index (χ2n) is 11.7. The molecule has 47 heavy (non-hydrogen) atoms. The van der Waals surface area contributed by atoms with Crippen LogP contribution in [0.3, 0.4) is 0 Å². The van der Waals surface area contributed by atoms with E-state index in [0.717, 1.165) is 35.6 Å². The van der Waals surface area contributed by atoms with E-state index >= 15 is 0 Å². The summed E-state index contributed by atoms with van der Waals surface area (Å²) in [5, 5.41) is 4.30. The van der Waals surface area contributed by atoms with Gasteiger partial charge in [0.1, 0.15) is 12.6 Å². The van der Waals surface area contributed by atoms with E-state index in [0.29, 0.717) is 31.9 Å². The average molecular weight is 713 g/mol. The molecule has 1 unspecified atom stereocenters. The molecule has 0 saturated heterocycles. The highest BCUT2D eigenvalue weighted by molar-refractivity contribution is 7.92. The number of aryl methyl sites for hydroxylation is 1. The van der Waals surface area contributed by atoms with Crippen LogP contribution in [0.4, 0.5) is 5.69 Å². The zero-order valence-corrected chi connectivity index (χ0v) is 29.0. The van der Waals surface area contributed by atoms with Crippen LogP contribution in [0.2, 0.25) is 15.1 Å². The van der Waals surface area contributed by atoms with Crippen LogP contribution >= 0.6 is 34.8 Å². The standard InChI is InChI=1S/C36H36Cl3N3O4S/c1-25-9-5-8-14-33(25)42(47(45,46)31-19-17-28(37)18-20-31)24-35(43)41(23-27-15-16-29(38)22-32(27)39)34(21-26-10-3-2-4-11-26)36(44)40-30-12-6-7-13-30/h2-5,8-11,14-20,22,30,34H,6-7,12-13,21,23-24H2,1H3,(H,40,44). The number of anilines is 1. The lowest BCUT2D eigenvalue weighted by molar-refractivity contribution is -0.140. The maximum Gasteiger partial charge on any atom is 0.264 e. The molecular formula is C36H36Cl3N3O4S. The molecule has 1 fully saturated rings. The molecule has 0 bridgehead atoms. The van der Waals surface area contributed by atoms with E-state index in [9.17, 15) is 18.0 Å². The Morgan fingerprint density at radius 2 is 1.49 bits per heavy atom. The zero-order chi connectivity index (χ0) is 33.6. The largest absolute Gasteiger partial charge is 0.352 e. The van der Waals surface area contributed by atoms with E-state index in [1.165, 1.54) is 29.2 Å². The fourth-order valence-electron chi connectivity index (χ4n) is 5.85. The van der Waals surface area contributed by atoms with E-state index in [1.807, 2.05) is 30.3 Å². The van der Waals surface area contributed by atoms with Crippen molar-refractivity contribution < 1.29 is 18.0 Å². The molecule has 0 aliphatic heterocycles. The van der Waals surface area contributed by atoms with Crippen molar-refractivity contribution in [3.8, 4) is 0 Å². The first-order chi connectivity index (χ1) is 22.5. The first-order valence-corrected chi connectivity index (χ1v) is 18.0. The molecule has 4 aromatic rings. The number of hydrogen-bond donors (Lipinski definition) is 1. The van der Waals surface area contributed by atoms with Gasteiger partial charge in [-0.3, -0.25) is 13.9 Å². The summed E-state index contributed by atoms with van der Waals surface area (Å²) >= 11 is 18.9. The third kappa shape index (κ3) is 8.68. The van der Waals surface area contributed by atoms with Gasteiger partial charge in [-0.2, -0.15) is 0 Å². The second kappa shape index (κ2) is 15.6. The number of amides is 2. The van der Waals surface area contributed by atoms with Gasteiger partial charge in [0.15, 0.2) is 0 Å². The normalized spacial score (nSPS) is 14.0. The first kappa shape index (κ1) is 34.8. The molecule has 0 radical (unpaired) electrons. The van der Waals surface area contributed by atoms with Crippen molar-refractivity contribution in [2.75, 3.05) is 10.8 Å². The Labute approximate surface area is 291 Å². The summed E-state index contributed by atoms with van der Waals surface area (Å²) in [5.74, 6) is -0.874. The van der Waals surface area contributed by atoms with Crippen LogP contribution in [0.25, 0.3) is 0 Å². The lowest BCUT2D eigenvalue weighted by atomic mass is 10.0. The molecule has 0 spiro atoms. The van der Waals surface area contributed by atoms with Gasteiger partial charge in [0.2, 0.25) is 11.8 Å². The van der Waals surface area contributed by atoms with Crippen molar-refractivity contribution in [2.45, 2.75) is 62.6 Å². The van der Waals surface area contributed by atoms with Crippen LogP contribution in [0.1, 0.15) is 42.4 Å². The van der Waals surface area contributed by atoms with E-state index in [-0.39, 0.29) is 29.8 Å². The predicted octanol–water partition coefficient (Wildman–Crippen LogP) is 7.85. The number of nitrogens with zero attached hydrogens (tertiary/aromatic N) is 2. The summed E-state index contributed by atoms with van der Waals surface area (Å²) < 4.78 is 29.5. The molecule has 0 heterocycles. The van der Waals surface area contributed by atoms with Crippen LogP contribution in [-0.4, -0.2) is 43.8 Å². The van der Waals surface area contributed by atoms with Crippen LogP contribution in [-0.2, 0) is 32.6 Å². The lowest BCUT2D eigenvalue weighted by Crippen LogP contribution is -2.54. The number of nitrogens with one attached hydrogen (secondary N) is 1. The molecule has 246 valence electrons. The molecular weight excluding hydrogens is 677 g/mol. The Bertz CT molecular complexity index is 1820. The monoisotopic (exact) mass is 711 g/mol. The molecule has 5 rings (SSSR count). The van der Waals surface area contributed by atoms with Gasteiger partial charge in [0.05, 0.1) is 10.6 Å². The quantitative estimate of drug-likeness (QED) is 0.162. The van der Waals surface area contributed by atoms with Crippen molar-refractivity contribution in [1.82, 2.24) is 10.2 Å². The Morgan fingerprint density at radius 1 is 0.851 bits per heavy atom. The molecule has 0 aromatic heterocycles. The van der Waals surface area contributed by atoms with Gasteiger partial charge >= 0.3 is 0 Å². The summed E-state index contributed by atoms with van der Waals surface area (Å²) in [4.78, 5) is 30.2. The Kier molecular flexibility index (Phi) is 11.5. The minimum atomic E-state index is -4.25. The average Bonchev–Trinajstić information content (AvgIpc) is 3.56. The molecule has 11 heteroatoms. The fraction of sp³-hybridized carbons (Fsp3) is 0.278.